The summed E-state index contributed by atoms with van der Waals surface area (Å²) in [6.07, 6.45) is 9.76. The average Bonchev–Trinajstić information content (AvgIpc) is 3.31. The van der Waals surface area contributed by atoms with Crippen LogP contribution in [0.5, 0.6) is 0 Å². The number of anilines is 1. The van der Waals surface area contributed by atoms with Crippen LogP contribution in [-0.4, -0.2) is 34.8 Å². The van der Waals surface area contributed by atoms with E-state index in [0.717, 1.165) is 30.6 Å². The lowest BCUT2D eigenvalue weighted by Gasteiger charge is -2.16. The van der Waals surface area contributed by atoms with Crippen LogP contribution in [0.3, 0.4) is 0 Å². The summed E-state index contributed by atoms with van der Waals surface area (Å²) < 4.78 is 1.29. The largest absolute Gasteiger partial charge is 0.338 e. The summed E-state index contributed by atoms with van der Waals surface area (Å²) in [6.45, 7) is 1.60. The van der Waals surface area contributed by atoms with Crippen LogP contribution in [0.4, 0.5) is 5.82 Å². The predicted molar refractivity (Wildman–Crippen MR) is 126 cm³/mol. The minimum Gasteiger partial charge on any atom is -0.338 e. The van der Waals surface area contributed by atoms with Gasteiger partial charge in [-0.3, -0.25) is 9.59 Å². The molecule has 5 rings (SSSR count). The maximum atomic E-state index is 12.7. The highest BCUT2D eigenvalue weighted by Crippen LogP contribution is 2.42. The number of halogens is 1. The second-order valence-electron chi connectivity index (χ2n) is 8.20. The van der Waals surface area contributed by atoms with Crippen molar-refractivity contribution in [2.75, 3.05) is 18.4 Å². The molecule has 2 unspecified atom stereocenters. The number of likely N-dealkylation sites (tertiary alicyclic amines) is 1. The number of pyridine rings is 1. The molecule has 2 amide bonds. The lowest BCUT2D eigenvalue weighted by Crippen LogP contribution is -2.27. The Hall–Kier alpha value is -2.48. The summed E-state index contributed by atoms with van der Waals surface area (Å²) in [5.41, 5.74) is 4.66. The van der Waals surface area contributed by atoms with E-state index in [0.29, 0.717) is 30.5 Å². The zero-order chi connectivity index (χ0) is 20.7. The fourth-order valence-corrected chi connectivity index (χ4v) is 5.38. The molecular weight excluding hydrogens is 489 g/mol. The highest BCUT2D eigenvalue weighted by atomic mass is 127. The third kappa shape index (κ3) is 3.80. The van der Waals surface area contributed by atoms with Gasteiger partial charge in [0.15, 0.2) is 0 Å². The molecule has 152 valence electrons. The predicted octanol–water partition coefficient (Wildman–Crippen LogP) is 4.15. The first-order chi connectivity index (χ1) is 14.6. The number of aryl methyl sites for hydroxylation is 1. The molecule has 1 aromatic heterocycles. The van der Waals surface area contributed by atoms with Gasteiger partial charge in [-0.1, -0.05) is 24.3 Å². The number of carbonyl (C=O) groups is 2. The Morgan fingerprint density at radius 2 is 2.10 bits per heavy atom. The van der Waals surface area contributed by atoms with Gasteiger partial charge in [-0.25, -0.2) is 4.98 Å². The van der Waals surface area contributed by atoms with Gasteiger partial charge in [-0.2, -0.15) is 0 Å². The molecule has 0 spiro atoms. The molecule has 2 aliphatic heterocycles. The van der Waals surface area contributed by atoms with E-state index < -0.39 is 0 Å². The van der Waals surface area contributed by atoms with Crippen LogP contribution < -0.4 is 5.32 Å². The van der Waals surface area contributed by atoms with E-state index in [-0.39, 0.29) is 11.8 Å². The fraction of sp³-hybridized carbons (Fsp3) is 0.292. The summed E-state index contributed by atoms with van der Waals surface area (Å²) in [7, 11) is 0. The van der Waals surface area contributed by atoms with E-state index in [9.17, 15) is 9.59 Å². The molecule has 3 aliphatic rings. The van der Waals surface area contributed by atoms with Crippen molar-refractivity contribution in [3.8, 4) is 0 Å². The molecule has 1 N–H and O–H groups in total. The number of aromatic nitrogens is 1. The zero-order valence-corrected chi connectivity index (χ0v) is 18.6. The van der Waals surface area contributed by atoms with E-state index in [1.54, 1.807) is 12.3 Å². The first-order valence-corrected chi connectivity index (χ1v) is 11.4. The number of nitrogens with zero attached hydrogens (tertiary/aromatic N) is 2. The number of amides is 2. The van der Waals surface area contributed by atoms with E-state index in [4.69, 9.17) is 0 Å². The minimum atomic E-state index is 0.00670. The van der Waals surface area contributed by atoms with Gasteiger partial charge in [0.2, 0.25) is 11.8 Å². The molecule has 1 aliphatic carbocycles. The summed E-state index contributed by atoms with van der Waals surface area (Å²) in [5, 5.41) is 2.78. The van der Waals surface area contributed by atoms with Crippen molar-refractivity contribution in [1.82, 2.24) is 9.88 Å². The van der Waals surface area contributed by atoms with Gasteiger partial charge < -0.3 is 10.2 Å². The highest BCUT2D eigenvalue weighted by Gasteiger charge is 2.38. The number of hydrogen-bond acceptors (Lipinski definition) is 3. The molecule has 1 fully saturated rings. The van der Waals surface area contributed by atoms with Crippen LogP contribution in [0, 0.1) is 15.4 Å². The Kier molecular flexibility index (Phi) is 5.18. The van der Waals surface area contributed by atoms with E-state index in [1.807, 2.05) is 17.0 Å². The minimum absolute atomic E-state index is 0.00670. The van der Waals surface area contributed by atoms with E-state index in [2.05, 4.69) is 63.2 Å². The Morgan fingerprint density at radius 1 is 1.23 bits per heavy atom. The molecule has 0 bridgehead atoms. The first kappa shape index (κ1) is 19.5. The van der Waals surface area contributed by atoms with Gasteiger partial charge in [-0.15, -0.1) is 0 Å². The lowest BCUT2D eigenvalue weighted by atomic mass is 9.98. The van der Waals surface area contributed by atoms with Crippen LogP contribution in [0.25, 0.3) is 11.6 Å². The topological polar surface area (TPSA) is 62.3 Å². The molecule has 3 heterocycles. The molecule has 0 saturated carbocycles. The van der Waals surface area contributed by atoms with E-state index >= 15 is 0 Å². The Morgan fingerprint density at radius 3 is 2.93 bits per heavy atom. The van der Waals surface area contributed by atoms with Gasteiger partial charge in [0.25, 0.3) is 0 Å². The first-order valence-electron chi connectivity index (χ1n) is 10.3. The van der Waals surface area contributed by atoms with Gasteiger partial charge in [0.1, 0.15) is 5.82 Å². The average molecular weight is 511 g/mol. The van der Waals surface area contributed by atoms with Crippen molar-refractivity contribution in [1.29, 1.82) is 0 Å². The molecular formula is C24H22IN3O2. The summed E-state index contributed by atoms with van der Waals surface area (Å²) in [5.74, 6) is 1.66. The monoisotopic (exact) mass is 511 g/mol. The molecule has 5 nitrogen and oxygen atoms in total. The van der Waals surface area contributed by atoms with E-state index in [1.165, 1.54) is 14.7 Å². The number of benzene rings is 1. The van der Waals surface area contributed by atoms with Gasteiger partial charge in [0.05, 0.1) is 0 Å². The molecule has 2 aromatic rings. The third-order valence-corrected chi connectivity index (χ3v) is 7.15. The summed E-state index contributed by atoms with van der Waals surface area (Å²) >= 11 is 2.40. The number of fused-ring (bicyclic) bond motifs is 2. The fourth-order valence-electron chi connectivity index (χ4n) is 4.65. The number of carbonyl (C=O) groups excluding carboxylic acids is 2. The van der Waals surface area contributed by atoms with Crippen molar-refractivity contribution >= 4 is 51.9 Å². The molecule has 1 aromatic carbocycles. The molecule has 2 atom stereocenters. The Balaban J connectivity index is 1.24. The number of rotatable bonds is 3. The molecule has 30 heavy (non-hydrogen) atoms. The summed E-state index contributed by atoms with van der Waals surface area (Å²) in [4.78, 5) is 30.5. The second-order valence-corrected chi connectivity index (χ2v) is 9.36. The third-order valence-electron chi connectivity index (χ3n) is 6.21. The standard InChI is InChI=1S/C24H22IN3O2/c25-21-4-2-1-3-20(21)17-10-18-13-28(14-19(18)11-17)23(30)8-5-15-9-16-6-7-22(29)27-24(16)26-12-15/h1-5,8-10,12,18-19H,6-7,11,13-14H2,(H,26,27,29)/b8-5+. The molecule has 6 heteroatoms. The van der Waals surface area contributed by atoms with Crippen LogP contribution in [0.2, 0.25) is 0 Å². The zero-order valence-electron chi connectivity index (χ0n) is 16.5. The summed E-state index contributed by atoms with van der Waals surface area (Å²) in [6, 6.07) is 10.5. The number of nitrogens with one attached hydrogen (secondary N) is 1. The highest BCUT2D eigenvalue weighted by molar-refractivity contribution is 14.1. The van der Waals surface area contributed by atoms with Crippen molar-refractivity contribution in [2.24, 2.45) is 11.8 Å². The molecule has 1 saturated heterocycles. The van der Waals surface area contributed by atoms with Crippen molar-refractivity contribution < 1.29 is 9.59 Å². The van der Waals surface area contributed by atoms with Crippen LogP contribution >= 0.6 is 22.6 Å². The Labute approximate surface area is 189 Å². The van der Waals surface area contributed by atoms with Crippen LogP contribution in [0.1, 0.15) is 29.5 Å². The van der Waals surface area contributed by atoms with Gasteiger partial charge in [0, 0.05) is 35.4 Å². The normalized spacial score (nSPS) is 22.6. The maximum absolute atomic E-state index is 12.7. The number of hydrogen-bond donors (Lipinski definition) is 1. The quantitative estimate of drug-likeness (QED) is 0.498. The van der Waals surface area contributed by atoms with Crippen LogP contribution in [-0.2, 0) is 16.0 Å². The van der Waals surface area contributed by atoms with Crippen molar-refractivity contribution in [3.05, 3.63) is 68.9 Å². The number of allylic oxidation sites excluding steroid dienone is 1. The Bertz CT molecular complexity index is 1090. The van der Waals surface area contributed by atoms with Gasteiger partial charge >= 0.3 is 0 Å². The van der Waals surface area contributed by atoms with Gasteiger partial charge in [-0.05, 0) is 87.7 Å². The smallest absolute Gasteiger partial charge is 0.246 e. The van der Waals surface area contributed by atoms with Crippen LogP contribution in [0.15, 0.2) is 48.7 Å². The lowest BCUT2D eigenvalue weighted by molar-refractivity contribution is -0.125. The van der Waals surface area contributed by atoms with Crippen molar-refractivity contribution in [2.45, 2.75) is 19.3 Å². The molecule has 0 radical (unpaired) electrons. The SMILES string of the molecule is O=C1CCc2cc(/C=C/C(=O)N3CC4C=C(c5ccccc5I)CC4C3)cnc2N1. The maximum Gasteiger partial charge on any atom is 0.246 e. The second kappa shape index (κ2) is 7.98. The van der Waals surface area contributed by atoms with Crippen molar-refractivity contribution in [3.63, 3.8) is 0 Å².